The van der Waals surface area contributed by atoms with Gasteiger partial charge in [-0.25, -0.2) is 0 Å². The number of rotatable bonds is 13. The van der Waals surface area contributed by atoms with Crippen LogP contribution in [-0.4, -0.2) is 11.1 Å². The van der Waals surface area contributed by atoms with Gasteiger partial charge in [-0.1, -0.05) is 78.6 Å². The molecule has 0 aliphatic heterocycles. The number of aliphatic carboxylic acids is 1. The summed E-state index contributed by atoms with van der Waals surface area (Å²) in [6, 6.07) is 0. The fourth-order valence-corrected chi connectivity index (χ4v) is 2.81. The first-order chi connectivity index (χ1) is 9.15. The number of carboxylic acids is 1. The Morgan fingerprint density at radius 2 is 1.53 bits per heavy atom. The minimum atomic E-state index is -0.580. The Kier molecular flexibility index (Phi) is 12.2. The summed E-state index contributed by atoms with van der Waals surface area (Å²) < 4.78 is 0. The molecule has 0 aliphatic carbocycles. The van der Waals surface area contributed by atoms with E-state index in [2.05, 4.69) is 20.8 Å². The Labute approximate surface area is 120 Å². The molecule has 0 amide bonds. The summed E-state index contributed by atoms with van der Waals surface area (Å²) in [4.78, 5) is 11.3. The van der Waals surface area contributed by atoms with Crippen LogP contribution in [-0.2, 0) is 4.79 Å². The number of unbranched alkanes of at least 4 members (excludes halogenated alkanes) is 5. The second-order valence-electron chi connectivity index (χ2n) is 5.89. The van der Waals surface area contributed by atoms with Crippen molar-refractivity contribution in [3.05, 3.63) is 0 Å². The van der Waals surface area contributed by atoms with E-state index >= 15 is 0 Å². The van der Waals surface area contributed by atoms with Gasteiger partial charge in [0.15, 0.2) is 0 Å². The fourth-order valence-electron chi connectivity index (χ4n) is 2.81. The quantitative estimate of drug-likeness (QED) is 0.439. The summed E-state index contributed by atoms with van der Waals surface area (Å²) in [6.07, 6.45) is 12.7. The third-order valence-corrected chi connectivity index (χ3v) is 4.15. The van der Waals surface area contributed by atoms with Gasteiger partial charge in [-0.2, -0.15) is 0 Å². The second-order valence-corrected chi connectivity index (χ2v) is 5.89. The van der Waals surface area contributed by atoms with Crippen molar-refractivity contribution < 1.29 is 9.90 Å². The molecule has 0 saturated carbocycles. The van der Waals surface area contributed by atoms with Crippen molar-refractivity contribution in [2.24, 2.45) is 11.8 Å². The molecule has 0 bridgehead atoms. The van der Waals surface area contributed by atoms with Crippen LogP contribution < -0.4 is 0 Å². The Balaban J connectivity index is 3.88. The third kappa shape index (κ3) is 9.98. The Morgan fingerprint density at radius 1 is 0.895 bits per heavy atom. The van der Waals surface area contributed by atoms with Gasteiger partial charge in [0.2, 0.25) is 0 Å². The lowest BCUT2D eigenvalue weighted by molar-refractivity contribution is -0.142. The molecular weight excluding hydrogens is 236 g/mol. The van der Waals surface area contributed by atoms with Crippen molar-refractivity contribution >= 4 is 5.97 Å². The summed E-state index contributed by atoms with van der Waals surface area (Å²) >= 11 is 0. The lowest BCUT2D eigenvalue weighted by Gasteiger charge is -2.19. The SMILES string of the molecule is CCCCCCCCC(CC(CC)CCC)C(=O)O. The minimum absolute atomic E-state index is 0.109. The molecule has 0 saturated heterocycles. The van der Waals surface area contributed by atoms with Gasteiger partial charge in [0.1, 0.15) is 0 Å². The lowest BCUT2D eigenvalue weighted by atomic mass is 9.86. The van der Waals surface area contributed by atoms with Crippen LogP contribution in [0.25, 0.3) is 0 Å². The maximum absolute atomic E-state index is 11.3. The van der Waals surface area contributed by atoms with E-state index in [4.69, 9.17) is 0 Å². The van der Waals surface area contributed by atoms with Crippen LogP contribution in [0.3, 0.4) is 0 Å². The molecule has 19 heavy (non-hydrogen) atoms. The maximum Gasteiger partial charge on any atom is 0.306 e. The van der Waals surface area contributed by atoms with Crippen LogP contribution in [0.5, 0.6) is 0 Å². The zero-order chi connectivity index (χ0) is 14.5. The highest BCUT2D eigenvalue weighted by atomic mass is 16.4. The molecule has 0 aliphatic rings. The van der Waals surface area contributed by atoms with E-state index in [9.17, 15) is 9.90 Å². The monoisotopic (exact) mass is 270 g/mol. The lowest BCUT2D eigenvalue weighted by Crippen LogP contribution is -2.18. The minimum Gasteiger partial charge on any atom is -0.481 e. The van der Waals surface area contributed by atoms with Crippen molar-refractivity contribution in [2.75, 3.05) is 0 Å². The molecular formula is C17H34O2. The first-order valence-electron chi connectivity index (χ1n) is 8.38. The molecule has 114 valence electrons. The van der Waals surface area contributed by atoms with Crippen LogP contribution in [0.15, 0.2) is 0 Å². The van der Waals surface area contributed by atoms with Gasteiger partial charge in [-0.15, -0.1) is 0 Å². The van der Waals surface area contributed by atoms with Gasteiger partial charge in [0.05, 0.1) is 5.92 Å². The Morgan fingerprint density at radius 3 is 2.05 bits per heavy atom. The van der Waals surface area contributed by atoms with Crippen molar-refractivity contribution in [3.63, 3.8) is 0 Å². The van der Waals surface area contributed by atoms with Crippen molar-refractivity contribution in [1.82, 2.24) is 0 Å². The molecule has 0 fully saturated rings. The average Bonchev–Trinajstić information content (AvgIpc) is 2.39. The second kappa shape index (κ2) is 12.5. The topological polar surface area (TPSA) is 37.3 Å². The van der Waals surface area contributed by atoms with Crippen LogP contribution in [0.4, 0.5) is 0 Å². The predicted molar refractivity (Wildman–Crippen MR) is 82.4 cm³/mol. The molecule has 0 heterocycles. The van der Waals surface area contributed by atoms with Crippen molar-refractivity contribution in [1.29, 1.82) is 0 Å². The zero-order valence-electron chi connectivity index (χ0n) is 13.3. The van der Waals surface area contributed by atoms with Crippen LogP contribution in [0.1, 0.15) is 91.4 Å². The molecule has 0 aromatic rings. The first-order valence-corrected chi connectivity index (χ1v) is 8.38. The molecule has 2 nitrogen and oxygen atoms in total. The number of carboxylic acid groups (broad SMARTS) is 1. The summed E-state index contributed by atoms with van der Waals surface area (Å²) in [5.74, 6) is -0.0861. The molecule has 0 radical (unpaired) electrons. The van der Waals surface area contributed by atoms with Crippen molar-refractivity contribution in [2.45, 2.75) is 91.4 Å². The first kappa shape index (κ1) is 18.5. The Hall–Kier alpha value is -0.530. The van der Waals surface area contributed by atoms with Crippen LogP contribution >= 0.6 is 0 Å². The molecule has 0 aromatic heterocycles. The third-order valence-electron chi connectivity index (χ3n) is 4.15. The normalized spacial score (nSPS) is 14.3. The van der Waals surface area contributed by atoms with Gasteiger partial charge in [-0.3, -0.25) is 4.79 Å². The van der Waals surface area contributed by atoms with E-state index in [0.29, 0.717) is 5.92 Å². The molecule has 2 unspecified atom stereocenters. The van der Waals surface area contributed by atoms with E-state index in [1.165, 1.54) is 44.9 Å². The van der Waals surface area contributed by atoms with Gasteiger partial charge >= 0.3 is 5.97 Å². The van der Waals surface area contributed by atoms with Crippen LogP contribution in [0.2, 0.25) is 0 Å². The number of hydrogen-bond acceptors (Lipinski definition) is 1. The van der Waals surface area contributed by atoms with E-state index in [-0.39, 0.29) is 5.92 Å². The van der Waals surface area contributed by atoms with E-state index in [1.54, 1.807) is 0 Å². The van der Waals surface area contributed by atoms with Crippen molar-refractivity contribution in [3.8, 4) is 0 Å². The fraction of sp³-hybridized carbons (Fsp3) is 0.941. The van der Waals surface area contributed by atoms with E-state index in [0.717, 1.165) is 25.7 Å². The zero-order valence-corrected chi connectivity index (χ0v) is 13.3. The smallest absolute Gasteiger partial charge is 0.306 e. The molecule has 2 atom stereocenters. The molecule has 2 heteroatoms. The Bertz CT molecular complexity index is 213. The number of carbonyl (C=O) groups is 1. The highest BCUT2D eigenvalue weighted by Gasteiger charge is 2.20. The van der Waals surface area contributed by atoms with Gasteiger partial charge in [0.25, 0.3) is 0 Å². The van der Waals surface area contributed by atoms with Gasteiger partial charge in [0, 0.05) is 0 Å². The maximum atomic E-state index is 11.3. The molecule has 0 rings (SSSR count). The summed E-state index contributed by atoms with van der Waals surface area (Å²) in [5, 5.41) is 9.33. The highest BCUT2D eigenvalue weighted by Crippen LogP contribution is 2.25. The molecule has 0 spiro atoms. The summed E-state index contributed by atoms with van der Waals surface area (Å²) in [6.45, 7) is 6.59. The highest BCUT2D eigenvalue weighted by molar-refractivity contribution is 5.69. The predicted octanol–water partition coefficient (Wildman–Crippen LogP) is 5.65. The standard InChI is InChI=1S/C17H34O2/c1-4-7-8-9-10-11-13-16(17(18)19)14-15(6-3)12-5-2/h15-16H,4-14H2,1-3H3,(H,18,19). The summed E-state index contributed by atoms with van der Waals surface area (Å²) in [5.41, 5.74) is 0. The summed E-state index contributed by atoms with van der Waals surface area (Å²) in [7, 11) is 0. The molecule has 0 aromatic carbocycles. The average molecular weight is 270 g/mol. The number of hydrogen-bond donors (Lipinski definition) is 1. The largest absolute Gasteiger partial charge is 0.481 e. The van der Waals surface area contributed by atoms with Gasteiger partial charge in [-0.05, 0) is 18.8 Å². The van der Waals surface area contributed by atoms with E-state index < -0.39 is 5.97 Å². The van der Waals surface area contributed by atoms with Gasteiger partial charge < -0.3 is 5.11 Å². The molecule has 1 N–H and O–H groups in total. The van der Waals surface area contributed by atoms with E-state index in [1.807, 2.05) is 0 Å². The van der Waals surface area contributed by atoms with Crippen LogP contribution in [0, 0.1) is 11.8 Å².